The van der Waals surface area contributed by atoms with Gasteiger partial charge in [-0.25, -0.2) is 55.1 Å². The van der Waals surface area contributed by atoms with Crippen LogP contribution in [0.1, 0.15) is 98.3 Å². The average Bonchev–Trinajstić information content (AvgIpc) is 0.810. The van der Waals surface area contributed by atoms with Crippen molar-refractivity contribution in [3.63, 3.8) is 0 Å². The van der Waals surface area contributed by atoms with Crippen molar-refractivity contribution in [3.8, 4) is 0 Å². The number of hydrogen-bond donors (Lipinski definition) is 6. The van der Waals surface area contributed by atoms with Gasteiger partial charge < -0.3 is 60.5 Å². The topological polar surface area (TPSA) is 347 Å². The minimum atomic E-state index is -4.58. The first-order valence-electron chi connectivity index (χ1n) is 29.3. The van der Waals surface area contributed by atoms with Gasteiger partial charge in [-0.2, -0.15) is 34.8 Å². The molecule has 0 aliphatic rings. The fourth-order valence-electron chi connectivity index (χ4n) is 8.01. The standard InChI is InChI=1S/C21H25F5N2O5.C20H25F2NO8S.C19H23F2NO6.C2H4F3N/c1-4-32-18(30)20(28-13(3)29,19(31)33-5-2)10-9-14(11-27-12-21(24,25)26)15-7-6-8-16(22)17(15)23;1-5-29-18(25)20(23-13(3)24,19(26)30-6-2)11-10-14(12-31-32(4,27)28)15-8-7-9-16(21)17(15)22;1-4-27-17(25)19(22-12(3)24,18(26)28-5-2)10-9-13(11-23)14-7-6-8-15(20)16(14)21;3-2(4,5)1-6/h6-9,27H,4-5,10-12H2,1-3H3,(H,28,29);7-10H,5-6,11-12H2,1-4H3,(H,23,24);6-9,23H,4-5,10-11H2,1-3H3,(H,22,24);1,6H2/b14-9+;14-10+;13-9+;. The lowest BCUT2D eigenvalue weighted by atomic mass is 9.91. The number of esters is 6. The normalized spacial score (nSPS) is 12.1. The van der Waals surface area contributed by atoms with Crippen LogP contribution in [0, 0.1) is 34.9 Å². The number of aliphatic hydroxyl groups is 1. The molecule has 0 radical (unpaired) electrons. The number of nitrogens with one attached hydrogen (secondary N) is 4. The van der Waals surface area contributed by atoms with E-state index in [0.717, 1.165) is 81.7 Å². The third kappa shape index (κ3) is 30.0. The van der Waals surface area contributed by atoms with E-state index in [1.54, 1.807) is 0 Å². The van der Waals surface area contributed by atoms with Crippen LogP contribution in [-0.2, 0) is 85.9 Å². The third-order valence-corrected chi connectivity index (χ3v) is 12.8. The van der Waals surface area contributed by atoms with Crippen molar-refractivity contribution in [2.75, 3.05) is 78.7 Å². The molecule has 24 nitrogen and oxygen atoms in total. The quantitative estimate of drug-likeness (QED) is 0.0126. The Morgan fingerprint density at radius 2 is 0.727 bits per heavy atom. The van der Waals surface area contributed by atoms with E-state index < -0.39 is 185 Å². The Balaban J connectivity index is 0.00000140. The lowest BCUT2D eigenvalue weighted by Gasteiger charge is -2.29. The van der Waals surface area contributed by atoms with Crippen LogP contribution in [0.25, 0.3) is 16.7 Å². The highest BCUT2D eigenvalue weighted by molar-refractivity contribution is 7.86. The van der Waals surface area contributed by atoms with Crippen LogP contribution in [0.2, 0.25) is 0 Å². The van der Waals surface area contributed by atoms with Gasteiger partial charge in [0.05, 0.1) is 72.2 Å². The molecule has 7 N–H and O–H groups in total. The number of carbonyl (C=O) groups excluding carboxylic acids is 9. The Morgan fingerprint density at radius 3 is 0.970 bits per heavy atom. The van der Waals surface area contributed by atoms with E-state index in [-0.39, 0.29) is 67.5 Å². The Bertz CT molecular complexity index is 3400. The zero-order chi connectivity index (χ0) is 76.3. The summed E-state index contributed by atoms with van der Waals surface area (Å²) in [6, 6.07) is 9.66. The van der Waals surface area contributed by atoms with E-state index in [1.165, 1.54) is 59.7 Å². The fourth-order valence-corrected chi connectivity index (χ4v) is 8.35. The SMILES string of the molecule is CCOC(=O)C(C/C=C(\CNCC(F)(F)F)c1cccc(F)c1F)(NC(C)=O)C(=O)OCC.CCOC(=O)C(C/C=C(\CO)c1cccc(F)c1F)(NC(C)=O)C(=O)OCC.CCOC(=O)C(C/C=C(\COS(C)(=O)=O)c1cccc(F)c1F)(NC(C)=O)C(=O)OCC.NCC(F)(F)F. The van der Waals surface area contributed by atoms with Crippen molar-refractivity contribution < 1.29 is 142 Å². The van der Waals surface area contributed by atoms with E-state index in [9.17, 15) is 109 Å². The minimum absolute atomic E-state index is 0.0747. The number of carbonyl (C=O) groups is 9. The number of nitrogens with two attached hydrogens (primary N) is 1. The number of alkyl halides is 6. The van der Waals surface area contributed by atoms with Gasteiger partial charge in [0.15, 0.2) is 34.9 Å². The van der Waals surface area contributed by atoms with Crippen LogP contribution in [-0.4, -0.2) is 175 Å². The van der Waals surface area contributed by atoms with Gasteiger partial charge in [0.1, 0.15) is 0 Å². The largest absolute Gasteiger partial charge is 0.464 e. The summed E-state index contributed by atoms with van der Waals surface area (Å²) in [4.78, 5) is 111. The summed E-state index contributed by atoms with van der Waals surface area (Å²) in [5, 5.41) is 18.3. The van der Waals surface area contributed by atoms with Crippen molar-refractivity contribution in [2.45, 2.75) is 111 Å². The minimum Gasteiger partial charge on any atom is -0.464 e. The summed E-state index contributed by atoms with van der Waals surface area (Å²) < 4.78 is 211. The molecule has 0 atom stereocenters. The molecule has 0 saturated carbocycles. The molecule has 0 bridgehead atoms. The molecule has 554 valence electrons. The third-order valence-electron chi connectivity index (χ3n) is 12.2. The van der Waals surface area contributed by atoms with Crippen molar-refractivity contribution in [1.29, 1.82) is 0 Å². The fraction of sp³-hybridized carbons (Fsp3) is 0.468. The van der Waals surface area contributed by atoms with Crippen LogP contribution in [0.3, 0.4) is 0 Å². The number of rotatable bonds is 31. The molecule has 0 unspecified atom stereocenters. The highest BCUT2D eigenvalue weighted by Gasteiger charge is 2.52. The predicted molar refractivity (Wildman–Crippen MR) is 328 cm³/mol. The lowest BCUT2D eigenvalue weighted by Crippen LogP contribution is -2.60. The Morgan fingerprint density at radius 1 is 0.465 bits per heavy atom. The van der Waals surface area contributed by atoms with Gasteiger partial charge in [0, 0.05) is 63.3 Å². The lowest BCUT2D eigenvalue weighted by molar-refractivity contribution is -0.168. The van der Waals surface area contributed by atoms with Crippen molar-refractivity contribution >= 4 is 80.4 Å². The Hall–Kier alpha value is -8.94. The number of halogens is 12. The van der Waals surface area contributed by atoms with E-state index >= 15 is 0 Å². The molecule has 3 aromatic carbocycles. The number of benzene rings is 3. The maximum absolute atomic E-state index is 14.4. The van der Waals surface area contributed by atoms with Crippen LogP contribution < -0.4 is 27.0 Å². The van der Waals surface area contributed by atoms with Gasteiger partial charge in [-0.05, 0) is 76.5 Å². The monoisotopic (exact) mass is 1460 g/mol. The molecule has 0 aliphatic heterocycles. The van der Waals surface area contributed by atoms with Gasteiger partial charge in [0.2, 0.25) is 34.3 Å². The van der Waals surface area contributed by atoms with Gasteiger partial charge in [0.25, 0.3) is 10.1 Å². The highest BCUT2D eigenvalue weighted by atomic mass is 32.2. The van der Waals surface area contributed by atoms with E-state index in [4.69, 9.17) is 32.6 Å². The van der Waals surface area contributed by atoms with Crippen LogP contribution >= 0.6 is 0 Å². The van der Waals surface area contributed by atoms with Crippen LogP contribution in [0.5, 0.6) is 0 Å². The smallest absolute Gasteiger partial charge is 0.401 e. The number of aliphatic hydroxyl groups excluding tert-OH is 1. The van der Waals surface area contributed by atoms with Crippen LogP contribution in [0.4, 0.5) is 52.7 Å². The second kappa shape index (κ2) is 42.8. The highest BCUT2D eigenvalue weighted by Crippen LogP contribution is 2.29. The first-order valence-corrected chi connectivity index (χ1v) is 31.2. The zero-order valence-corrected chi connectivity index (χ0v) is 56.0. The van der Waals surface area contributed by atoms with Crippen molar-refractivity contribution in [1.82, 2.24) is 21.3 Å². The molecule has 0 heterocycles. The molecule has 0 aliphatic carbocycles. The van der Waals surface area contributed by atoms with E-state index in [2.05, 4.69) is 27.0 Å². The summed E-state index contributed by atoms with van der Waals surface area (Å²) in [5.74, 6) is -16.5. The summed E-state index contributed by atoms with van der Waals surface area (Å²) >= 11 is 0. The Kier molecular flexibility index (Phi) is 38.9. The molecule has 37 heteroatoms. The molecule has 3 rings (SSSR count). The van der Waals surface area contributed by atoms with Gasteiger partial charge in [-0.1, -0.05) is 54.6 Å². The van der Waals surface area contributed by atoms with Gasteiger partial charge in [-0.3, -0.25) is 18.6 Å². The van der Waals surface area contributed by atoms with Crippen molar-refractivity contribution in [2.24, 2.45) is 5.73 Å². The van der Waals surface area contributed by atoms with E-state index in [1.807, 2.05) is 0 Å². The Labute approximate surface area is 561 Å². The maximum atomic E-state index is 14.4. The molecule has 99 heavy (non-hydrogen) atoms. The predicted octanol–water partition coefficient (Wildman–Crippen LogP) is 6.85. The molecular formula is C62H77F12N5O19S. The molecule has 0 saturated heterocycles. The molecule has 0 fully saturated rings. The number of hydrogen-bond acceptors (Lipinski definition) is 21. The molecule has 0 spiro atoms. The van der Waals surface area contributed by atoms with Gasteiger partial charge >= 0.3 is 48.2 Å². The number of ether oxygens (including phenoxy) is 6. The molecule has 3 amide bonds. The summed E-state index contributed by atoms with van der Waals surface area (Å²) in [5.41, 5.74) is -4.27. The maximum Gasteiger partial charge on any atom is 0.401 e. The first-order chi connectivity index (χ1) is 46.0. The average molecular weight is 1460 g/mol. The molecule has 0 aromatic heterocycles. The van der Waals surface area contributed by atoms with Crippen LogP contribution in [0.15, 0.2) is 72.8 Å². The molecule has 3 aromatic rings. The summed E-state index contributed by atoms with van der Waals surface area (Å²) in [6.45, 7) is 6.60. The summed E-state index contributed by atoms with van der Waals surface area (Å²) in [7, 11) is -3.98. The second-order valence-electron chi connectivity index (χ2n) is 19.8. The first kappa shape index (κ1) is 90.1. The summed E-state index contributed by atoms with van der Waals surface area (Å²) in [6.07, 6.45) is -6.52. The van der Waals surface area contributed by atoms with Gasteiger partial charge in [-0.15, -0.1) is 0 Å². The second-order valence-corrected chi connectivity index (χ2v) is 21.5. The van der Waals surface area contributed by atoms with Crippen molar-refractivity contribution in [3.05, 3.63) is 124 Å². The zero-order valence-electron chi connectivity index (χ0n) is 55.1. The molecular weight excluding hydrogens is 1380 g/mol. The number of amides is 3. The van der Waals surface area contributed by atoms with E-state index in [0.29, 0.717) is 0 Å².